The standard InChI is InChI=1S/C32H54N10O12S/c1-15(2)9-21(29(50)41-23(13-44)31(52)42-25(16(3)45)32(53)54)39-27(48)19(5-6-24(34)46)37-28(49)20(7-8-55-4)38-30(51)22(12-43)40-26(47)18(33)10-17-11-35-14-36-17/h11,14-16,18-23,25,43-45H,5-10,12-13,33H2,1-4H3,(H2,34,46)(H,35,36)(H,37,49)(H,38,51)(H,39,48)(H,40,47)(H,41,50)(H,42,52)(H,53,54)/t16-,18+,19+,20+,21+,22+,23+,25+/m1/s1. The van der Waals surface area contributed by atoms with Crippen LogP contribution in [0.5, 0.6) is 0 Å². The second kappa shape index (κ2) is 24.5. The second-order valence-corrected chi connectivity index (χ2v) is 14.0. The number of hydrogen-bond donors (Lipinski definition) is 13. The Balaban J connectivity index is 3.18. The van der Waals surface area contributed by atoms with Crippen LogP contribution in [0, 0.1) is 5.92 Å². The van der Waals surface area contributed by atoms with E-state index in [0.717, 1.165) is 6.92 Å². The molecule has 0 radical (unpaired) electrons. The molecule has 23 heteroatoms. The highest BCUT2D eigenvalue weighted by molar-refractivity contribution is 7.98. The first-order valence-corrected chi connectivity index (χ1v) is 18.7. The summed E-state index contributed by atoms with van der Waals surface area (Å²) < 4.78 is 0. The molecule has 1 rings (SSSR count). The van der Waals surface area contributed by atoms with Crippen molar-refractivity contribution in [2.75, 3.05) is 25.2 Å². The number of aliphatic hydroxyl groups excluding tert-OH is 3. The van der Waals surface area contributed by atoms with Gasteiger partial charge in [-0.3, -0.25) is 33.6 Å². The van der Waals surface area contributed by atoms with Crippen LogP contribution < -0.4 is 43.4 Å². The van der Waals surface area contributed by atoms with Crippen LogP contribution in [0.3, 0.4) is 0 Å². The van der Waals surface area contributed by atoms with Gasteiger partial charge in [-0.15, -0.1) is 0 Å². The normalized spacial score (nSPS) is 15.5. The summed E-state index contributed by atoms with van der Waals surface area (Å²) in [7, 11) is 0. The lowest BCUT2D eigenvalue weighted by Gasteiger charge is -2.27. The minimum absolute atomic E-state index is 0.0223. The summed E-state index contributed by atoms with van der Waals surface area (Å²) in [5.74, 6) is -7.96. The zero-order chi connectivity index (χ0) is 41.8. The molecule has 0 unspecified atom stereocenters. The van der Waals surface area contributed by atoms with Gasteiger partial charge in [0.05, 0.1) is 31.7 Å². The molecular weight excluding hydrogens is 748 g/mol. The maximum absolute atomic E-state index is 13.6. The number of rotatable bonds is 26. The number of carboxylic acid groups (broad SMARTS) is 1. The van der Waals surface area contributed by atoms with Gasteiger partial charge < -0.3 is 68.8 Å². The molecule has 1 aromatic rings. The molecule has 1 heterocycles. The molecule has 1 aromatic heterocycles. The maximum atomic E-state index is 13.6. The van der Waals surface area contributed by atoms with Crippen LogP contribution in [0.4, 0.5) is 0 Å². The van der Waals surface area contributed by atoms with E-state index < -0.39 is 109 Å². The number of aromatic nitrogens is 2. The number of amides is 7. The van der Waals surface area contributed by atoms with E-state index in [1.165, 1.54) is 24.3 Å². The number of nitrogens with two attached hydrogens (primary N) is 2. The number of nitrogens with one attached hydrogen (secondary N) is 7. The summed E-state index contributed by atoms with van der Waals surface area (Å²) in [4.78, 5) is 109. The molecule has 7 amide bonds. The van der Waals surface area contributed by atoms with Gasteiger partial charge in [0, 0.05) is 24.7 Å². The first kappa shape index (κ1) is 48.2. The third-order valence-electron chi connectivity index (χ3n) is 7.90. The molecule has 0 aliphatic rings. The Kier molecular flexibility index (Phi) is 21.5. The van der Waals surface area contributed by atoms with Gasteiger partial charge in [-0.25, -0.2) is 9.78 Å². The van der Waals surface area contributed by atoms with Crippen LogP contribution in [-0.4, -0.2) is 151 Å². The molecule has 15 N–H and O–H groups in total. The smallest absolute Gasteiger partial charge is 0.328 e. The largest absolute Gasteiger partial charge is 0.480 e. The van der Waals surface area contributed by atoms with Gasteiger partial charge in [0.25, 0.3) is 0 Å². The summed E-state index contributed by atoms with van der Waals surface area (Å²) in [5, 5.41) is 52.6. The molecule has 0 spiro atoms. The summed E-state index contributed by atoms with van der Waals surface area (Å²) in [6, 6.07) is -10.3. The number of aliphatic carboxylic acids is 1. The fourth-order valence-corrected chi connectivity index (χ4v) is 5.36. The topological polar surface area (TPSA) is 370 Å². The highest BCUT2D eigenvalue weighted by atomic mass is 32.2. The number of H-pyrrole nitrogens is 1. The third-order valence-corrected chi connectivity index (χ3v) is 8.55. The lowest BCUT2D eigenvalue weighted by Crippen LogP contribution is -2.61. The number of hydrogen-bond acceptors (Lipinski definition) is 14. The highest BCUT2D eigenvalue weighted by Crippen LogP contribution is 2.09. The summed E-state index contributed by atoms with van der Waals surface area (Å²) in [6.45, 7) is 2.70. The Morgan fingerprint density at radius 2 is 1.24 bits per heavy atom. The van der Waals surface area contributed by atoms with E-state index in [4.69, 9.17) is 11.5 Å². The second-order valence-electron chi connectivity index (χ2n) is 13.0. The Labute approximate surface area is 321 Å². The lowest BCUT2D eigenvalue weighted by molar-refractivity contribution is -0.145. The van der Waals surface area contributed by atoms with Gasteiger partial charge >= 0.3 is 5.97 Å². The quantitative estimate of drug-likeness (QED) is 0.0416. The number of nitrogens with zero attached hydrogens (tertiary/aromatic N) is 1. The molecule has 8 atom stereocenters. The first-order valence-electron chi connectivity index (χ1n) is 17.3. The molecule has 0 aliphatic heterocycles. The van der Waals surface area contributed by atoms with E-state index in [9.17, 15) is 58.8 Å². The zero-order valence-electron chi connectivity index (χ0n) is 31.1. The fourth-order valence-electron chi connectivity index (χ4n) is 4.89. The van der Waals surface area contributed by atoms with Crippen LogP contribution in [0.25, 0.3) is 0 Å². The number of carbonyl (C=O) groups is 8. The SMILES string of the molecule is CSCC[C@H](NC(=O)[C@H](CO)NC(=O)[C@@H](N)Cc1cnc[nH]1)C(=O)N[C@@H](CCC(N)=O)C(=O)N[C@@H](CC(C)C)C(=O)N[C@@H](CO)C(=O)N[C@H](C(=O)O)[C@@H](C)O. The summed E-state index contributed by atoms with van der Waals surface area (Å²) in [6.07, 6.45) is 2.39. The van der Waals surface area contributed by atoms with E-state index in [0.29, 0.717) is 11.4 Å². The molecule has 310 valence electrons. The molecule has 0 saturated heterocycles. The van der Waals surface area contributed by atoms with Gasteiger partial charge in [-0.05, 0) is 44.1 Å². The van der Waals surface area contributed by atoms with Gasteiger partial charge in [0.15, 0.2) is 6.04 Å². The molecule has 0 bridgehead atoms. The number of thioether (sulfide) groups is 1. The van der Waals surface area contributed by atoms with E-state index in [-0.39, 0.29) is 38.0 Å². The van der Waals surface area contributed by atoms with E-state index >= 15 is 0 Å². The number of aromatic amines is 1. The highest BCUT2D eigenvalue weighted by Gasteiger charge is 2.34. The van der Waals surface area contributed by atoms with Crippen LogP contribution in [0.1, 0.15) is 52.1 Å². The average molecular weight is 803 g/mol. The van der Waals surface area contributed by atoms with Crippen molar-refractivity contribution in [3.63, 3.8) is 0 Å². The summed E-state index contributed by atoms with van der Waals surface area (Å²) >= 11 is 1.33. The van der Waals surface area contributed by atoms with E-state index in [1.54, 1.807) is 20.1 Å². The van der Waals surface area contributed by atoms with Crippen LogP contribution >= 0.6 is 11.8 Å². The predicted molar refractivity (Wildman–Crippen MR) is 196 cm³/mol. The van der Waals surface area contributed by atoms with Crippen LogP contribution in [0.15, 0.2) is 12.5 Å². The van der Waals surface area contributed by atoms with Crippen molar-refractivity contribution >= 4 is 59.1 Å². The molecule has 22 nitrogen and oxygen atoms in total. The molecule has 0 aromatic carbocycles. The summed E-state index contributed by atoms with van der Waals surface area (Å²) in [5.41, 5.74) is 11.8. The van der Waals surface area contributed by atoms with E-state index in [1.807, 2.05) is 5.32 Å². The fraction of sp³-hybridized carbons (Fsp3) is 0.656. The van der Waals surface area contributed by atoms with Crippen molar-refractivity contribution < 1.29 is 58.8 Å². The van der Waals surface area contributed by atoms with Crippen molar-refractivity contribution in [1.29, 1.82) is 0 Å². The van der Waals surface area contributed by atoms with Gasteiger partial charge in [0.2, 0.25) is 41.4 Å². The minimum Gasteiger partial charge on any atom is -0.480 e. The van der Waals surface area contributed by atoms with Crippen LogP contribution in [-0.2, 0) is 44.8 Å². The Morgan fingerprint density at radius 1 is 0.764 bits per heavy atom. The number of aliphatic hydroxyl groups is 3. The van der Waals surface area contributed by atoms with Crippen molar-refractivity contribution in [1.82, 2.24) is 41.9 Å². The first-order chi connectivity index (χ1) is 25.8. The van der Waals surface area contributed by atoms with Crippen molar-refractivity contribution in [3.8, 4) is 0 Å². The number of carbonyl (C=O) groups excluding carboxylic acids is 7. The minimum atomic E-state index is -1.76. The van der Waals surface area contributed by atoms with Crippen molar-refractivity contribution in [2.45, 2.75) is 101 Å². The van der Waals surface area contributed by atoms with Crippen molar-refractivity contribution in [3.05, 3.63) is 18.2 Å². The number of imidazole rings is 1. The van der Waals surface area contributed by atoms with Crippen molar-refractivity contribution in [2.24, 2.45) is 17.4 Å². The monoisotopic (exact) mass is 802 g/mol. The molecule has 0 saturated carbocycles. The Bertz CT molecular complexity index is 1450. The maximum Gasteiger partial charge on any atom is 0.328 e. The molecule has 0 aliphatic carbocycles. The Hall–Kier alpha value is -4.84. The van der Waals surface area contributed by atoms with Crippen LogP contribution in [0.2, 0.25) is 0 Å². The zero-order valence-corrected chi connectivity index (χ0v) is 31.9. The molecule has 0 fully saturated rings. The van der Waals surface area contributed by atoms with E-state index in [2.05, 4.69) is 36.6 Å². The van der Waals surface area contributed by atoms with Gasteiger partial charge in [0.1, 0.15) is 30.2 Å². The third kappa shape index (κ3) is 17.4. The lowest BCUT2D eigenvalue weighted by atomic mass is 10.0. The average Bonchev–Trinajstić information content (AvgIpc) is 3.63. The van der Waals surface area contributed by atoms with Gasteiger partial charge in [-0.2, -0.15) is 11.8 Å². The molecular formula is C32H54N10O12S. The number of primary amides is 1. The van der Waals surface area contributed by atoms with Gasteiger partial charge in [-0.1, -0.05) is 13.8 Å². The number of carboxylic acids is 1. The molecule has 55 heavy (non-hydrogen) atoms. The Morgan fingerprint density at radius 3 is 1.69 bits per heavy atom. The predicted octanol–water partition coefficient (Wildman–Crippen LogP) is -5.30.